The number of carboxylic acid groups (broad SMARTS) is 1. The summed E-state index contributed by atoms with van der Waals surface area (Å²) in [6, 6.07) is 12.1. The summed E-state index contributed by atoms with van der Waals surface area (Å²) in [5.74, 6) is -0.838. The first-order chi connectivity index (χ1) is 12.9. The van der Waals surface area contributed by atoms with Crippen LogP contribution in [0.2, 0.25) is 0 Å². The number of carbonyl (C=O) groups is 2. The van der Waals surface area contributed by atoms with Crippen molar-refractivity contribution >= 4 is 17.6 Å². The fourth-order valence-corrected chi connectivity index (χ4v) is 2.98. The normalized spacial score (nSPS) is 14.1. The highest BCUT2D eigenvalue weighted by molar-refractivity contribution is 5.92. The summed E-state index contributed by atoms with van der Waals surface area (Å²) in [5, 5.41) is 18.7. The Kier molecular flexibility index (Phi) is 5.49. The molecule has 0 bridgehead atoms. The first kappa shape index (κ1) is 18.6. The number of benzene rings is 2. The number of piperazine rings is 1. The Bertz CT molecular complexity index is 827. The SMILES string of the molecule is Cc1ccc(OCC(=O)N2CCN(c3ccc(O)c(C(=O)O)c3)CC2)cc1. The van der Waals surface area contributed by atoms with Crippen LogP contribution in [0.15, 0.2) is 42.5 Å². The first-order valence-electron chi connectivity index (χ1n) is 8.72. The monoisotopic (exact) mass is 370 g/mol. The lowest BCUT2D eigenvalue weighted by molar-refractivity contribution is -0.133. The van der Waals surface area contributed by atoms with Crippen molar-refractivity contribution in [1.29, 1.82) is 0 Å². The highest BCUT2D eigenvalue weighted by Crippen LogP contribution is 2.25. The number of anilines is 1. The molecule has 142 valence electrons. The van der Waals surface area contributed by atoms with Gasteiger partial charge in [0.15, 0.2) is 6.61 Å². The molecular weight excluding hydrogens is 348 g/mol. The van der Waals surface area contributed by atoms with Crippen LogP contribution in [0.3, 0.4) is 0 Å². The fourth-order valence-electron chi connectivity index (χ4n) is 2.98. The van der Waals surface area contributed by atoms with E-state index in [2.05, 4.69) is 0 Å². The number of carboxylic acids is 1. The van der Waals surface area contributed by atoms with Gasteiger partial charge in [0.2, 0.25) is 0 Å². The minimum absolute atomic E-state index is 0.00850. The van der Waals surface area contributed by atoms with Crippen LogP contribution in [0.4, 0.5) is 5.69 Å². The summed E-state index contributed by atoms with van der Waals surface area (Å²) in [5.41, 5.74) is 1.72. The van der Waals surface area contributed by atoms with E-state index in [1.54, 1.807) is 11.0 Å². The predicted molar refractivity (Wildman–Crippen MR) is 101 cm³/mol. The first-order valence-corrected chi connectivity index (χ1v) is 8.72. The number of hydrogen-bond donors (Lipinski definition) is 2. The van der Waals surface area contributed by atoms with E-state index in [0.717, 1.165) is 5.56 Å². The summed E-state index contributed by atoms with van der Waals surface area (Å²) in [6.07, 6.45) is 0. The molecule has 0 aliphatic carbocycles. The minimum Gasteiger partial charge on any atom is -0.507 e. The molecule has 7 heteroatoms. The molecule has 0 radical (unpaired) electrons. The van der Waals surface area contributed by atoms with E-state index in [1.165, 1.54) is 12.1 Å². The molecule has 1 saturated heterocycles. The van der Waals surface area contributed by atoms with E-state index in [0.29, 0.717) is 37.6 Å². The lowest BCUT2D eigenvalue weighted by atomic mass is 10.1. The minimum atomic E-state index is -1.17. The second-order valence-electron chi connectivity index (χ2n) is 6.48. The van der Waals surface area contributed by atoms with Gasteiger partial charge in [-0.15, -0.1) is 0 Å². The number of aryl methyl sites for hydroxylation is 1. The number of ether oxygens (including phenoxy) is 1. The fraction of sp³-hybridized carbons (Fsp3) is 0.300. The van der Waals surface area contributed by atoms with Gasteiger partial charge in [0, 0.05) is 31.9 Å². The zero-order valence-electron chi connectivity index (χ0n) is 15.1. The van der Waals surface area contributed by atoms with Crippen molar-refractivity contribution in [2.24, 2.45) is 0 Å². The number of nitrogens with zero attached hydrogens (tertiary/aromatic N) is 2. The van der Waals surface area contributed by atoms with Gasteiger partial charge in [-0.1, -0.05) is 17.7 Å². The summed E-state index contributed by atoms with van der Waals surface area (Å²) in [7, 11) is 0. The molecular formula is C20H22N2O5. The molecule has 2 aromatic rings. The third kappa shape index (κ3) is 4.49. The second-order valence-corrected chi connectivity index (χ2v) is 6.48. The van der Waals surface area contributed by atoms with Gasteiger partial charge in [0.05, 0.1) is 0 Å². The molecule has 27 heavy (non-hydrogen) atoms. The van der Waals surface area contributed by atoms with Crippen molar-refractivity contribution in [3.05, 3.63) is 53.6 Å². The van der Waals surface area contributed by atoms with Gasteiger partial charge in [-0.3, -0.25) is 4.79 Å². The quantitative estimate of drug-likeness (QED) is 0.838. The van der Waals surface area contributed by atoms with Gasteiger partial charge in [0.1, 0.15) is 17.1 Å². The number of aromatic hydroxyl groups is 1. The third-order valence-electron chi connectivity index (χ3n) is 4.59. The lowest BCUT2D eigenvalue weighted by Gasteiger charge is -2.36. The lowest BCUT2D eigenvalue weighted by Crippen LogP contribution is -2.50. The smallest absolute Gasteiger partial charge is 0.339 e. The van der Waals surface area contributed by atoms with Gasteiger partial charge in [0.25, 0.3) is 5.91 Å². The molecule has 1 fully saturated rings. The van der Waals surface area contributed by atoms with Crippen LogP contribution in [0.25, 0.3) is 0 Å². The van der Waals surface area contributed by atoms with E-state index >= 15 is 0 Å². The van der Waals surface area contributed by atoms with Crippen LogP contribution >= 0.6 is 0 Å². The van der Waals surface area contributed by atoms with Gasteiger partial charge < -0.3 is 24.7 Å². The highest BCUT2D eigenvalue weighted by atomic mass is 16.5. The second kappa shape index (κ2) is 7.99. The van der Waals surface area contributed by atoms with Crippen LogP contribution < -0.4 is 9.64 Å². The largest absolute Gasteiger partial charge is 0.507 e. The van der Waals surface area contributed by atoms with E-state index in [1.807, 2.05) is 36.1 Å². The number of rotatable bonds is 5. The van der Waals surface area contributed by atoms with Crippen molar-refractivity contribution in [1.82, 2.24) is 4.90 Å². The maximum absolute atomic E-state index is 12.3. The van der Waals surface area contributed by atoms with Gasteiger partial charge in [-0.2, -0.15) is 0 Å². The Labute approximate surface area is 157 Å². The zero-order valence-corrected chi connectivity index (χ0v) is 15.1. The van der Waals surface area contributed by atoms with Gasteiger partial charge in [-0.25, -0.2) is 4.79 Å². The number of carbonyl (C=O) groups excluding carboxylic acids is 1. The summed E-state index contributed by atoms with van der Waals surface area (Å²) in [6.45, 7) is 4.20. The van der Waals surface area contributed by atoms with Crippen molar-refractivity contribution in [3.8, 4) is 11.5 Å². The summed E-state index contributed by atoms with van der Waals surface area (Å²) < 4.78 is 5.54. The van der Waals surface area contributed by atoms with E-state index in [-0.39, 0.29) is 23.8 Å². The van der Waals surface area contributed by atoms with E-state index in [9.17, 15) is 14.7 Å². The molecule has 1 aliphatic rings. The maximum atomic E-state index is 12.3. The van der Waals surface area contributed by atoms with Gasteiger partial charge in [-0.05, 0) is 37.3 Å². The number of aromatic carboxylic acids is 1. The average molecular weight is 370 g/mol. The van der Waals surface area contributed by atoms with E-state index in [4.69, 9.17) is 9.84 Å². The molecule has 0 spiro atoms. The van der Waals surface area contributed by atoms with Crippen LogP contribution in [-0.2, 0) is 4.79 Å². The highest BCUT2D eigenvalue weighted by Gasteiger charge is 2.22. The summed E-state index contributed by atoms with van der Waals surface area (Å²) in [4.78, 5) is 27.2. The Morgan fingerprint density at radius 2 is 1.70 bits per heavy atom. The topological polar surface area (TPSA) is 90.3 Å². The third-order valence-corrected chi connectivity index (χ3v) is 4.59. The zero-order chi connectivity index (χ0) is 19.4. The Hall–Kier alpha value is -3.22. The van der Waals surface area contributed by atoms with E-state index < -0.39 is 5.97 Å². The molecule has 1 aliphatic heterocycles. The molecule has 3 rings (SSSR count). The van der Waals surface area contributed by atoms with Crippen molar-refractivity contribution < 1.29 is 24.5 Å². The van der Waals surface area contributed by atoms with Crippen LogP contribution in [0, 0.1) is 6.92 Å². The molecule has 0 aromatic heterocycles. The molecule has 0 saturated carbocycles. The molecule has 0 unspecified atom stereocenters. The molecule has 2 N–H and O–H groups in total. The number of phenols is 1. The maximum Gasteiger partial charge on any atom is 0.339 e. The van der Waals surface area contributed by atoms with Crippen LogP contribution in [-0.4, -0.2) is 59.8 Å². The summed E-state index contributed by atoms with van der Waals surface area (Å²) >= 11 is 0. The van der Waals surface area contributed by atoms with Crippen molar-refractivity contribution in [2.75, 3.05) is 37.7 Å². The average Bonchev–Trinajstić information content (AvgIpc) is 2.67. The van der Waals surface area contributed by atoms with Crippen molar-refractivity contribution in [2.45, 2.75) is 6.92 Å². The van der Waals surface area contributed by atoms with Crippen LogP contribution in [0.1, 0.15) is 15.9 Å². The molecule has 1 amide bonds. The Balaban J connectivity index is 1.54. The molecule has 2 aromatic carbocycles. The number of amides is 1. The standard InChI is InChI=1S/C20H22N2O5/c1-14-2-5-16(6-3-14)27-13-19(24)22-10-8-21(9-11-22)15-4-7-18(23)17(12-15)20(25)26/h2-7,12,23H,8-11,13H2,1H3,(H,25,26). The molecule has 1 heterocycles. The molecule has 0 atom stereocenters. The molecule has 7 nitrogen and oxygen atoms in total. The Morgan fingerprint density at radius 1 is 1.04 bits per heavy atom. The predicted octanol–water partition coefficient (Wildman–Crippen LogP) is 2.13. The van der Waals surface area contributed by atoms with Gasteiger partial charge >= 0.3 is 5.97 Å². The Morgan fingerprint density at radius 3 is 2.33 bits per heavy atom. The van der Waals surface area contributed by atoms with Crippen LogP contribution in [0.5, 0.6) is 11.5 Å². The number of hydrogen-bond acceptors (Lipinski definition) is 5. The van der Waals surface area contributed by atoms with Crippen molar-refractivity contribution in [3.63, 3.8) is 0 Å².